The lowest BCUT2D eigenvalue weighted by Gasteiger charge is -2.34. The molecule has 2 amide bonds. The summed E-state index contributed by atoms with van der Waals surface area (Å²) in [5.41, 5.74) is 3.14. The molecule has 1 fully saturated rings. The largest absolute Gasteiger partial charge is 0.496 e. The number of nitrogens with zero attached hydrogens (tertiary/aromatic N) is 5. The second-order valence-corrected chi connectivity index (χ2v) is 8.76. The predicted molar refractivity (Wildman–Crippen MR) is 128 cm³/mol. The van der Waals surface area contributed by atoms with Gasteiger partial charge in [-0.2, -0.15) is 0 Å². The van der Waals surface area contributed by atoms with Crippen molar-refractivity contribution in [3.8, 4) is 5.75 Å². The Bertz CT molecular complexity index is 1190. The smallest absolute Gasteiger partial charge is 0.276 e. The van der Waals surface area contributed by atoms with E-state index in [2.05, 4.69) is 10.3 Å². The van der Waals surface area contributed by atoms with E-state index in [-0.39, 0.29) is 24.5 Å². The van der Waals surface area contributed by atoms with Gasteiger partial charge >= 0.3 is 0 Å². The highest BCUT2D eigenvalue weighted by Crippen LogP contribution is 2.27. The maximum Gasteiger partial charge on any atom is 0.276 e. The summed E-state index contributed by atoms with van der Waals surface area (Å²) in [6.45, 7) is 2.76. The highest BCUT2D eigenvalue weighted by molar-refractivity contribution is 5.93. The molecule has 0 radical (unpaired) electrons. The Morgan fingerprint density at radius 1 is 1.00 bits per heavy atom. The fourth-order valence-corrected chi connectivity index (χ4v) is 4.66. The average Bonchev–Trinajstić information content (AvgIpc) is 3.35. The van der Waals surface area contributed by atoms with E-state index in [1.54, 1.807) is 16.7 Å². The molecule has 182 valence electrons. The van der Waals surface area contributed by atoms with E-state index in [1.165, 1.54) is 0 Å². The maximum atomic E-state index is 13.2. The zero-order valence-corrected chi connectivity index (χ0v) is 19.8. The van der Waals surface area contributed by atoms with Gasteiger partial charge in [-0.1, -0.05) is 53.7 Å². The first kappa shape index (κ1) is 23.0. The molecule has 3 aromatic rings. The van der Waals surface area contributed by atoms with E-state index < -0.39 is 0 Å². The summed E-state index contributed by atoms with van der Waals surface area (Å²) >= 11 is 0. The average molecular weight is 476 g/mol. The lowest BCUT2D eigenvalue weighted by Crippen LogP contribution is -2.50. The molecule has 2 aliphatic rings. The first-order chi connectivity index (χ1) is 17.1. The summed E-state index contributed by atoms with van der Waals surface area (Å²) in [5.74, 6) is 0.727. The molecule has 1 atom stereocenters. The van der Waals surface area contributed by atoms with Crippen LogP contribution in [0.25, 0.3) is 0 Å². The zero-order valence-electron chi connectivity index (χ0n) is 19.8. The fraction of sp³-hybridized carbons (Fsp3) is 0.385. The van der Waals surface area contributed by atoms with Gasteiger partial charge in [-0.3, -0.25) is 9.59 Å². The summed E-state index contributed by atoms with van der Waals surface area (Å²) in [6, 6.07) is 17.7. The lowest BCUT2D eigenvalue weighted by molar-refractivity contribution is -0.132. The molecule has 9 heteroatoms. The zero-order chi connectivity index (χ0) is 24.2. The number of benzene rings is 2. The van der Waals surface area contributed by atoms with Crippen LogP contribution in [0.3, 0.4) is 0 Å². The minimum Gasteiger partial charge on any atom is -0.496 e. The molecule has 0 unspecified atom stereocenters. The number of hydrogen-bond acceptors (Lipinski definition) is 6. The van der Waals surface area contributed by atoms with Crippen LogP contribution in [0, 0.1) is 0 Å². The minimum atomic E-state index is -0.158. The van der Waals surface area contributed by atoms with Crippen LogP contribution in [0.4, 0.5) is 0 Å². The number of amides is 2. The molecule has 3 heterocycles. The summed E-state index contributed by atoms with van der Waals surface area (Å²) in [5, 5.41) is 8.41. The van der Waals surface area contributed by atoms with Crippen LogP contribution in [0.15, 0.2) is 54.6 Å². The van der Waals surface area contributed by atoms with Gasteiger partial charge in [0.15, 0.2) is 5.69 Å². The van der Waals surface area contributed by atoms with Crippen LogP contribution >= 0.6 is 0 Å². The van der Waals surface area contributed by atoms with E-state index in [9.17, 15) is 9.59 Å². The summed E-state index contributed by atoms with van der Waals surface area (Å²) in [4.78, 5) is 29.5. The molecule has 0 N–H and O–H groups in total. The Hall–Kier alpha value is -3.72. The van der Waals surface area contributed by atoms with Gasteiger partial charge in [0.1, 0.15) is 11.9 Å². The number of rotatable bonds is 6. The van der Waals surface area contributed by atoms with Crippen molar-refractivity contribution in [3.63, 3.8) is 0 Å². The van der Waals surface area contributed by atoms with E-state index in [1.807, 2.05) is 59.5 Å². The van der Waals surface area contributed by atoms with E-state index in [4.69, 9.17) is 9.47 Å². The highest BCUT2D eigenvalue weighted by Gasteiger charge is 2.32. The van der Waals surface area contributed by atoms with Gasteiger partial charge in [-0.25, -0.2) is 4.68 Å². The molecule has 0 spiro atoms. The number of aromatic nitrogens is 3. The first-order valence-corrected chi connectivity index (χ1v) is 11.9. The number of hydrogen-bond donors (Lipinski definition) is 0. The quantitative estimate of drug-likeness (QED) is 0.544. The number of ether oxygens (including phenoxy) is 2. The predicted octanol–water partition coefficient (Wildman–Crippen LogP) is 2.48. The van der Waals surface area contributed by atoms with Crippen LogP contribution < -0.4 is 4.74 Å². The minimum absolute atomic E-state index is 0.0874. The Balaban J connectivity index is 1.15. The van der Waals surface area contributed by atoms with Gasteiger partial charge in [0.25, 0.3) is 5.91 Å². The Morgan fingerprint density at radius 2 is 1.71 bits per heavy atom. The number of piperazine rings is 1. The molecule has 9 nitrogen and oxygen atoms in total. The number of carbonyl (C=O) groups excluding carboxylic acids is 2. The van der Waals surface area contributed by atoms with Crippen LogP contribution in [-0.4, -0.2) is 69.9 Å². The second kappa shape index (κ2) is 10.3. The van der Waals surface area contributed by atoms with E-state index in [0.717, 1.165) is 16.9 Å². The van der Waals surface area contributed by atoms with Crippen molar-refractivity contribution in [1.29, 1.82) is 0 Å². The van der Waals surface area contributed by atoms with Gasteiger partial charge in [0, 0.05) is 32.6 Å². The lowest BCUT2D eigenvalue weighted by atomic mass is 10.1. The third-order valence-electron chi connectivity index (χ3n) is 6.69. The van der Waals surface area contributed by atoms with Crippen LogP contribution in [-0.2, 0) is 29.1 Å². The SMILES string of the molecule is COc1ccccc1CCC(=O)N1CCN(C(=O)c2nnn3c2CO[C@H](c2ccccc2)C3)CC1. The Labute approximate surface area is 204 Å². The van der Waals surface area contributed by atoms with Crippen molar-refractivity contribution in [2.75, 3.05) is 33.3 Å². The van der Waals surface area contributed by atoms with Crippen molar-refractivity contribution in [3.05, 3.63) is 77.1 Å². The number of aryl methyl sites for hydroxylation is 1. The monoisotopic (exact) mass is 475 g/mol. The molecule has 2 aromatic carbocycles. The topological polar surface area (TPSA) is 89.8 Å². The standard InChI is InChI=1S/C26H29N5O4/c1-34-22-10-6-5-9-20(22)11-12-24(32)29-13-15-30(16-14-29)26(33)25-21-18-35-23(17-31(21)28-27-25)19-7-3-2-4-8-19/h2-10,23H,11-18H2,1H3/t23-/m0/s1. The molecule has 35 heavy (non-hydrogen) atoms. The third kappa shape index (κ3) is 4.90. The Kier molecular flexibility index (Phi) is 6.76. The number of para-hydroxylation sites is 1. The molecular weight excluding hydrogens is 446 g/mol. The second-order valence-electron chi connectivity index (χ2n) is 8.76. The Morgan fingerprint density at radius 3 is 2.49 bits per heavy atom. The molecule has 1 saturated heterocycles. The van der Waals surface area contributed by atoms with Gasteiger partial charge in [0.05, 0.1) is 26.0 Å². The van der Waals surface area contributed by atoms with Crippen molar-refractivity contribution < 1.29 is 19.1 Å². The third-order valence-corrected chi connectivity index (χ3v) is 6.69. The summed E-state index contributed by atoms with van der Waals surface area (Å²) < 4.78 is 13.2. The molecule has 2 aliphatic heterocycles. The van der Waals surface area contributed by atoms with E-state index in [0.29, 0.717) is 57.0 Å². The molecule has 0 aliphatic carbocycles. The van der Waals surface area contributed by atoms with Gasteiger partial charge in [-0.05, 0) is 23.6 Å². The van der Waals surface area contributed by atoms with Gasteiger partial charge in [0.2, 0.25) is 5.91 Å². The first-order valence-electron chi connectivity index (χ1n) is 11.9. The van der Waals surface area contributed by atoms with Crippen molar-refractivity contribution in [2.45, 2.75) is 32.1 Å². The van der Waals surface area contributed by atoms with Gasteiger partial charge in [-0.15, -0.1) is 5.10 Å². The van der Waals surface area contributed by atoms with Crippen LogP contribution in [0.2, 0.25) is 0 Å². The molecule has 1 aromatic heterocycles. The van der Waals surface area contributed by atoms with Crippen LogP contribution in [0.1, 0.15) is 39.8 Å². The normalized spacial score (nSPS) is 17.7. The van der Waals surface area contributed by atoms with Crippen molar-refractivity contribution in [1.82, 2.24) is 24.8 Å². The maximum absolute atomic E-state index is 13.2. The molecule has 0 saturated carbocycles. The molecule has 0 bridgehead atoms. The van der Waals surface area contributed by atoms with Gasteiger partial charge < -0.3 is 19.3 Å². The number of carbonyl (C=O) groups is 2. The van der Waals surface area contributed by atoms with Crippen molar-refractivity contribution in [2.24, 2.45) is 0 Å². The highest BCUT2D eigenvalue weighted by atomic mass is 16.5. The fourth-order valence-electron chi connectivity index (χ4n) is 4.66. The number of fused-ring (bicyclic) bond motifs is 1. The van der Waals surface area contributed by atoms with E-state index >= 15 is 0 Å². The molecule has 5 rings (SSSR count). The number of methoxy groups -OCH3 is 1. The van der Waals surface area contributed by atoms with Crippen molar-refractivity contribution >= 4 is 11.8 Å². The summed E-state index contributed by atoms with van der Waals surface area (Å²) in [7, 11) is 1.64. The molecular formula is C26H29N5O4. The van der Waals surface area contributed by atoms with Crippen LogP contribution in [0.5, 0.6) is 5.75 Å². The summed E-state index contributed by atoms with van der Waals surface area (Å²) in [6.07, 6.45) is 0.921.